The quantitative estimate of drug-likeness (QED) is 0.586. The molecule has 1 aromatic rings. The normalized spacial score (nSPS) is 11.6. The van der Waals surface area contributed by atoms with Gasteiger partial charge in [0.2, 0.25) is 10.0 Å². The molecule has 0 aliphatic rings. The van der Waals surface area contributed by atoms with Gasteiger partial charge in [0, 0.05) is 12.1 Å². The number of hydrogen-bond donors (Lipinski definition) is 1. The standard InChI is InChI=1S/C9H14ClN3O2S/c10-4-1-2-6-16(14,15)13-7-9-3-5-11-8-12-9/h3,5,8,13H,1-2,4,6-7H2. The molecule has 7 heteroatoms. The molecule has 0 saturated carbocycles. The van der Waals surface area contributed by atoms with Crippen LogP contribution in [0.25, 0.3) is 0 Å². The molecule has 0 amide bonds. The Bertz CT molecular complexity index is 396. The number of halogens is 1. The van der Waals surface area contributed by atoms with Gasteiger partial charge in [-0.05, 0) is 18.9 Å². The van der Waals surface area contributed by atoms with E-state index >= 15 is 0 Å². The van der Waals surface area contributed by atoms with Crippen molar-refractivity contribution in [2.24, 2.45) is 0 Å². The maximum atomic E-state index is 11.5. The fourth-order valence-electron chi connectivity index (χ4n) is 1.07. The predicted molar refractivity (Wildman–Crippen MR) is 62.6 cm³/mol. The molecule has 0 saturated heterocycles. The summed E-state index contributed by atoms with van der Waals surface area (Å²) in [7, 11) is -3.22. The van der Waals surface area contributed by atoms with Crippen molar-refractivity contribution in [2.45, 2.75) is 19.4 Å². The van der Waals surface area contributed by atoms with E-state index in [2.05, 4.69) is 14.7 Å². The molecule has 1 N–H and O–H groups in total. The Kier molecular flexibility index (Phi) is 5.65. The van der Waals surface area contributed by atoms with Crippen molar-refractivity contribution in [2.75, 3.05) is 11.6 Å². The van der Waals surface area contributed by atoms with Gasteiger partial charge in [0.05, 0.1) is 18.0 Å². The van der Waals surface area contributed by atoms with Crippen LogP contribution in [-0.2, 0) is 16.6 Å². The van der Waals surface area contributed by atoms with Gasteiger partial charge in [-0.1, -0.05) is 0 Å². The van der Waals surface area contributed by atoms with Crippen LogP contribution >= 0.6 is 11.6 Å². The molecular formula is C9H14ClN3O2S. The van der Waals surface area contributed by atoms with Gasteiger partial charge in [0.15, 0.2) is 0 Å². The summed E-state index contributed by atoms with van der Waals surface area (Å²) >= 11 is 5.47. The molecule has 0 aliphatic heterocycles. The van der Waals surface area contributed by atoms with Gasteiger partial charge in [-0.3, -0.25) is 0 Å². The summed E-state index contributed by atoms with van der Waals surface area (Å²) in [4.78, 5) is 7.67. The lowest BCUT2D eigenvalue weighted by Crippen LogP contribution is -2.26. The van der Waals surface area contributed by atoms with Gasteiger partial charge < -0.3 is 0 Å². The van der Waals surface area contributed by atoms with E-state index in [0.29, 0.717) is 24.4 Å². The van der Waals surface area contributed by atoms with Crippen molar-refractivity contribution in [3.63, 3.8) is 0 Å². The highest BCUT2D eigenvalue weighted by Gasteiger charge is 2.09. The summed E-state index contributed by atoms with van der Waals surface area (Å²) in [5.74, 6) is 0.590. The second kappa shape index (κ2) is 6.78. The van der Waals surface area contributed by atoms with Crippen molar-refractivity contribution in [3.8, 4) is 0 Å². The lowest BCUT2D eigenvalue weighted by Gasteiger charge is -2.05. The summed E-state index contributed by atoms with van der Waals surface area (Å²) in [6, 6.07) is 1.67. The van der Waals surface area contributed by atoms with Crippen LogP contribution in [0.2, 0.25) is 0 Å². The van der Waals surface area contributed by atoms with E-state index in [1.165, 1.54) is 6.33 Å². The second-order valence-corrected chi connectivity index (χ2v) is 5.54. The van der Waals surface area contributed by atoms with Crippen molar-refractivity contribution in [3.05, 3.63) is 24.3 Å². The van der Waals surface area contributed by atoms with Gasteiger partial charge >= 0.3 is 0 Å². The van der Waals surface area contributed by atoms with Crippen LogP contribution in [0.1, 0.15) is 18.5 Å². The molecule has 0 atom stereocenters. The Morgan fingerprint density at radius 3 is 2.81 bits per heavy atom. The summed E-state index contributed by atoms with van der Waals surface area (Å²) in [6.45, 7) is 0.200. The Hall–Kier alpha value is -0.720. The lowest BCUT2D eigenvalue weighted by atomic mass is 10.4. The molecule has 0 aromatic carbocycles. The third kappa shape index (κ3) is 5.39. The molecule has 1 aromatic heterocycles. The minimum absolute atomic E-state index is 0.102. The largest absolute Gasteiger partial charge is 0.245 e. The molecule has 1 rings (SSSR count). The van der Waals surface area contributed by atoms with Crippen molar-refractivity contribution in [1.82, 2.24) is 14.7 Å². The minimum atomic E-state index is -3.22. The first-order valence-electron chi connectivity index (χ1n) is 4.92. The molecule has 1 heterocycles. The summed E-state index contributed by atoms with van der Waals surface area (Å²) in [5, 5.41) is 0. The molecule has 90 valence electrons. The third-order valence-corrected chi connectivity index (χ3v) is 3.59. The Morgan fingerprint density at radius 1 is 1.38 bits per heavy atom. The molecule has 0 bridgehead atoms. The van der Waals surface area contributed by atoms with Gasteiger partial charge in [-0.2, -0.15) is 0 Å². The first-order chi connectivity index (χ1) is 7.64. The Morgan fingerprint density at radius 2 is 2.19 bits per heavy atom. The number of nitrogens with zero attached hydrogens (tertiary/aromatic N) is 2. The van der Waals surface area contributed by atoms with Crippen molar-refractivity contribution in [1.29, 1.82) is 0 Å². The molecule has 5 nitrogen and oxygen atoms in total. The third-order valence-electron chi connectivity index (χ3n) is 1.91. The highest BCUT2D eigenvalue weighted by Crippen LogP contribution is 1.98. The zero-order valence-electron chi connectivity index (χ0n) is 8.76. The zero-order valence-corrected chi connectivity index (χ0v) is 10.3. The first-order valence-corrected chi connectivity index (χ1v) is 7.11. The number of unbranched alkanes of at least 4 members (excludes halogenated alkanes) is 1. The number of nitrogens with one attached hydrogen (secondary N) is 1. The molecule has 0 fully saturated rings. The highest BCUT2D eigenvalue weighted by atomic mass is 35.5. The van der Waals surface area contributed by atoms with Gasteiger partial charge in [0.25, 0.3) is 0 Å². The van der Waals surface area contributed by atoms with Crippen LogP contribution in [0.4, 0.5) is 0 Å². The number of rotatable bonds is 7. The van der Waals surface area contributed by atoms with E-state index in [9.17, 15) is 8.42 Å². The Balaban J connectivity index is 2.36. The van der Waals surface area contributed by atoms with E-state index in [1.807, 2.05) is 0 Å². The fourth-order valence-corrected chi connectivity index (χ4v) is 2.35. The number of sulfonamides is 1. The fraction of sp³-hybridized carbons (Fsp3) is 0.556. The number of hydrogen-bond acceptors (Lipinski definition) is 4. The van der Waals surface area contributed by atoms with Gasteiger partial charge in [0.1, 0.15) is 6.33 Å². The predicted octanol–water partition coefficient (Wildman–Crippen LogP) is 0.915. The van der Waals surface area contributed by atoms with E-state index in [4.69, 9.17) is 11.6 Å². The van der Waals surface area contributed by atoms with Crippen molar-refractivity contribution >= 4 is 21.6 Å². The molecule has 0 radical (unpaired) electrons. The molecule has 0 aliphatic carbocycles. The van der Waals surface area contributed by atoms with E-state index in [1.54, 1.807) is 12.3 Å². The monoisotopic (exact) mass is 263 g/mol. The first kappa shape index (κ1) is 13.3. The summed E-state index contributed by atoms with van der Waals surface area (Å²) in [6.07, 6.45) is 4.24. The number of aromatic nitrogens is 2. The minimum Gasteiger partial charge on any atom is -0.245 e. The SMILES string of the molecule is O=S(=O)(CCCCCl)NCc1ccncn1. The van der Waals surface area contributed by atoms with Crippen LogP contribution in [0.15, 0.2) is 18.6 Å². The van der Waals surface area contributed by atoms with Crippen molar-refractivity contribution < 1.29 is 8.42 Å². The molecule has 0 spiro atoms. The second-order valence-electron chi connectivity index (χ2n) is 3.24. The highest BCUT2D eigenvalue weighted by molar-refractivity contribution is 7.89. The molecule has 16 heavy (non-hydrogen) atoms. The lowest BCUT2D eigenvalue weighted by molar-refractivity contribution is 0.577. The topological polar surface area (TPSA) is 72.0 Å². The van der Waals surface area contributed by atoms with E-state index in [-0.39, 0.29) is 12.3 Å². The van der Waals surface area contributed by atoms with Crippen LogP contribution in [0, 0.1) is 0 Å². The van der Waals surface area contributed by atoms with E-state index in [0.717, 1.165) is 0 Å². The average Bonchev–Trinajstić information content (AvgIpc) is 2.28. The summed E-state index contributed by atoms with van der Waals surface area (Å²) in [5.41, 5.74) is 0.649. The van der Waals surface area contributed by atoms with Crippen LogP contribution < -0.4 is 4.72 Å². The van der Waals surface area contributed by atoms with Crippen LogP contribution in [0.3, 0.4) is 0 Å². The average molecular weight is 264 g/mol. The maximum Gasteiger partial charge on any atom is 0.211 e. The Labute approximate surface area is 100 Å². The van der Waals surface area contributed by atoms with Crippen LogP contribution in [-0.4, -0.2) is 30.0 Å². The summed E-state index contributed by atoms with van der Waals surface area (Å²) < 4.78 is 25.4. The smallest absolute Gasteiger partial charge is 0.211 e. The van der Waals surface area contributed by atoms with Crippen LogP contribution in [0.5, 0.6) is 0 Å². The maximum absolute atomic E-state index is 11.5. The molecular weight excluding hydrogens is 250 g/mol. The van der Waals surface area contributed by atoms with Gasteiger partial charge in [-0.15, -0.1) is 11.6 Å². The van der Waals surface area contributed by atoms with Gasteiger partial charge in [-0.25, -0.2) is 23.1 Å². The molecule has 0 unspecified atom stereocenters. The van der Waals surface area contributed by atoms with E-state index < -0.39 is 10.0 Å². The number of alkyl halides is 1. The zero-order chi connectivity index (χ0) is 11.9.